The highest BCUT2D eigenvalue weighted by atomic mass is 32.2. The van der Waals surface area contributed by atoms with Gasteiger partial charge in [0.05, 0.1) is 15.9 Å². The number of hydrogen-bond acceptors (Lipinski definition) is 4. The summed E-state index contributed by atoms with van der Waals surface area (Å²) in [5.41, 5.74) is 2.45. The molecule has 0 saturated carbocycles. The highest BCUT2D eigenvalue weighted by molar-refractivity contribution is 7.89. The average Bonchev–Trinajstić information content (AvgIpc) is 3.24. The lowest BCUT2D eigenvalue weighted by Gasteiger charge is -2.32. The molecule has 2 heterocycles. The fourth-order valence-electron chi connectivity index (χ4n) is 4.22. The van der Waals surface area contributed by atoms with Crippen LogP contribution < -0.4 is 0 Å². The molecule has 164 valence electrons. The maximum absolute atomic E-state index is 13.1. The Hall–Kier alpha value is -2.71. The summed E-state index contributed by atoms with van der Waals surface area (Å²) in [5.74, 6) is 0.999. The maximum Gasteiger partial charge on any atom is 0.253 e. The number of likely N-dealkylation sites (tertiary alicyclic amines) is 1. The van der Waals surface area contributed by atoms with Crippen LogP contribution in [0.2, 0.25) is 0 Å². The first kappa shape index (κ1) is 21.5. The first-order valence-electron chi connectivity index (χ1n) is 10.8. The summed E-state index contributed by atoms with van der Waals surface area (Å²) >= 11 is 0. The third-order valence-electron chi connectivity index (χ3n) is 5.95. The molecule has 0 radical (unpaired) electrons. The average molecular weight is 441 g/mol. The lowest BCUT2D eigenvalue weighted by atomic mass is 9.96. The van der Waals surface area contributed by atoms with Crippen LogP contribution in [0.5, 0.6) is 0 Å². The van der Waals surface area contributed by atoms with Gasteiger partial charge in [0.25, 0.3) is 5.91 Å². The summed E-state index contributed by atoms with van der Waals surface area (Å²) in [4.78, 5) is 23.2. The van der Waals surface area contributed by atoms with Crippen LogP contribution in [-0.4, -0.2) is 59.7 Å². The molecule has 1 N–H and O–H groups in total. The van der Waals surface area contributed by atoms with Crippen LogP contribution in [0.15, 0.2) is 53.4 Å². The first-order chi connectivity index (χ1) is 14.9. The van der Waals surface area contributed by atoms with E-state index in [0.717, 1.165) is 29.7 Å². The molecule has 1 fully saturated rings. The van der Waals surface area contributed by atoms with Crippen LogP contribution in [0.25, 0.3) is 11.0 Å². The molecule has 7 nitrogen and oxygen atoms in total. The van der Waals surface area contributed by atoms with Crippen LogP contribution in [0.3, 0.4) is 0 Å². The fourth-order valence-corrected chi connectivity index (χ4v) is 5.67. The van der Waals surface area contributed by atoms with Crippen molar-refractivity contribution in [2.24, 2.45) is 0 Å². The molecule has 31 heavy (non-hydrogen) atoms. The minimum absolute atomic E-state index is 0.0763. The molecular formula is C23H28N4O3S. The quantitative estimate of drug-likeness (QED) is 0.634. The zero-order valence-corrected chi connectivity index (χ0v) is 18.7. The lowest BCUT2D eigenvalue weighted by molar-refractivity contribution is 0.0705. The Morgan fingerprint density at radius 1 is 1.13 bits per heavy atom. The third kappa shape index (κ3) is 4.22. The number of sulfonamides is 1. The molecule has 1 aliphatic rings. The third-order valence-corrected chi connectivity index (χ3v) is 8.01. The molecule has 0 unspecified atom stereocenters. The van der Waals surface area contributed by atoms with Gasteiger partial charge in [-0.05, 0) is 49.2 Å². The van der Waals surface area contributed by atoms with E-state index in [0.29, 0.717) is 31.7 Å². The largest absolute Gasteiger partial charge is 0.342 e. The predicted molar refractivity (Wildman–Crippen MR) is 121 cm³/mol. The highest BCUT2D eigenvalue weighted by Crippen LogP contribution is 2.28. The van der Waals surface area contributed by atoms with E-state index in [4.69, 9.17) is 4.98 Å². The number of piperidine rings is 1. The standard InChI is InChI=1S/C23H28N4O3S/c1-3-27(4-2)31(29,30)19-13-11-17(12-14-19)23(28)26-15-7-8-18(16-26)22-24-20-9-5-6-10-21(20)25-22/h5-6,9-14,18H,3-4,7-8,15-16H2,1-2H3,(H,24,25)/t18-/m1/s1. The number of imidazole rings is 1. The van der Waals surface area contributed by atoms with Gasteiger partial charge in [0.15, 0.2) is 0 Å². The van der Waals surface area contributed by atoms with Gasteiger partial charge in [-0.15, -0.1) is 0 Å². The number of benzene rings is 2. The Balaban J connectivity index is 1.50. The molecular weight excluding hydrogens is 412 g/mol. The van der Waals surface area contributed by atoms with E-state index in [1.807, 2.05) is 43.0 Å². The van der Waals surface area contributed by atoms with Crippen molar-refractivity contribution < 1.29 is 13.2 Å². The number of H-pyrrole nitrogens is 1. The van der Waals surface area contributed by atoms with Crippen LogP contribution in [0.1, 0.15) is 48.8 Å². The van der Waals surface area contributed by atoms with Crippen molar-refractivity contribution in [3.05, 3.63) is 59.9 Å². The van der Waals surface area contributed by atoms with E-state index >= 15 is 0 Å². The van der Waals surface area contributed by atoms with Gasteiger partial charge >= 0.3 is 0 Å². The van der Waals surface area contributed by atoms with Crippen molar-refractivity contribution in [2.45, 2.75) is 37.5 Å². The van der Waals surface area contributed by atoms with Gasteiger partial charge in [-0.1, -0.05) is 26.0 Å². The zero-order valence-electron chi connectivity index (χ0n) is 17.9. The second-order valence-electron chi connectivity index (χ2n) is 7.84. The number of carbonyl (C=O) groups excluding carboxylic acids is 1. The van der Waals surface area contributed by atoms with E-state index in [2.05, 4.69) is 4.98 Å². The van der Waals surface area contributed by atoms with E-state index in [1.165, 1.54) is 16.4 Å². The highest BCUT2D eigenvalue weighted by Gasteiger charge is 2.28. The van der Waals surface area contributed by atoms with Crippen molar-refractivity contribution in [1.29, 1.82) is 0 Å². The minimum Gasteiger partial charge on any atom is -0.342 e. The van der Waals surface area contributed by atoms with Crippen LogP contribution in [0, 0.1) is 0 Å². The summed E-state index contributed by atoms with van der Waals surface area (Å²) < 4.78 is 26.8. The van der Waals surface area contributed by atoms with Crippen molar-refractivity contribution in [3.8, 4) is 0 Å². The van der Waals surface area contributed by atoms with Crippen molar-refractivity contribution in [2.75, 3.05) is 26.2 Å². The molecule has 1 amide bonds. The monoisotopic (exact) mass is 440 g/mol. The summed E-state index contributed by atoms with van der Waals surface area (Å²) in [6.45, 7) is 5.74. The number of nitrogens with one attached hydrogen (secondary N) is 1. The van der Waals surface area contributed by atoms with Crippen LogP contribution in [0.4, 0.5) is 0 Å². The topological polar surface area (TPSA) is 86.4 Å². The van der Waals surface area contributed by atoms with Crippen molar-refractivity contribution in [3.63, 3.8) is 0 Å². The number of amides is 1. The SMILES string of the molecule is CCN(CC)S(=O)(=O)c1ccc(C(=O)N2CCC[C@@H](c3nc4ccccc4[nH]3)C2)cc1. The number of hydrogen-bond donors (Lipinski definition) is 1. The fraction of sp³-hybridized carbons (Fsp3) is 0.391. The number of fused-ring (bicyclic) bond motifs is 1. The van der Waals surface area contributed by atoms with E-state index in [9.17, 15) is 13.2 Å². The molecule has 0 spiro atoms. The molecule has 1 aromatic heterocycles. The molecule has 0 aliphatic carbocycles. The second kappa shape index (κ2) is 8.80. The van der Waals surface area contributed by atoms with Gasteiger partial charge in [-0.25, -0.2) is 13.4 Å². The molecule has 1 saturated heterocycles. The van der Waals surface area contributed by atoms with Crippen molar-refractivity contribution in [1.82, 2.24) is 19.2 Å². The number of para-hydroxylation sites is 2. The Morgan fingerprint density at radius 2 is 1.84 bits per heavy atom. The smallest absolute Gasteiger partial charge is 0.253 e. The van der Waals surface area contributed by atoms with Gasteiger partial charge in [-0.2, -0.15) is 4.31 Å². The molecule has 1 aliphatic heterocycles. The van der Waals surface area contributed by atoms with E-state index in [1.54, 1.807) is 12.1 Å². The van der Waals surface area contributed by atoms with Crippen molar-refractivity contribution >= 4 is 27.0 Å². The second-order valence-corrected chi connectivity index (χ2v) is 9.78. The van der Waals surface area contributed by atoms with Gasteiger partial charge in [-0.3, -0.25) is 4.79 Å². The lowest BCUT2D eigenvalue weighted by Crippen LogP contribution is -2.39. The first-order valence-corrected chi connectivity index (χ1v) is 12.2. The molecule has 2 aromatic carbocycles. The Kier molecular flexibility index (Phi) is 6.11. The van der Waals surface area contributed by atoms with Crippen LogP contribution in [-0.2, 0) is 10.0 Å². The number of rotatable bonds is 6. The summed E-state index contributed by atoms with van der Waals surface area (Å²) in [6, 6.07) is 14.2. The van der Waals surface area contributed by atoms with Gasteiger partial charge < -0.3 is 9.88 Å². The van der Waals surface area contributed by atoms with E-state index in [-0.39, 0.29) is 16.7 Å². The van der Waals surface area contributed by atoms with Gasteiger partial charge in [0.1, 0.15) is 5.82 Å². The van der Waals surface area contributed by atoms with Gasteiger partial charge in [0.2, 0.25) is 10.0 Å². The Morgan fingerprint density at radius 3 is 2.52 bits per heavy atom. The summed E-state index contributed by atoms with van der Waals surface area (Å²) in [7, 11) is -3.53. The summed E-state index contributed by atoms with van der Waals surface area (Å²) in [6.07, 6.45) is 1.88. The Bertz CT molecular complexity index is 1130. The van der Waals surface area contributed by atoms with Gasteiger partial charge in [0, 0.05) is 37.7 Å². The van der Waals surface area contributed by atoms with E-state index < -0.39 is 10.0 Å². The number of aromatic nitrogens is 2. The maximum atomic E-state index is 13.1. The molecule has 0 bridgehead atoms. The number of aromatic amines is 1. The predicted octanol–water partition coefficient (Wildman–Crippen LogP) is 3.61. The molecule has 8 heteroatoms. The zero-order chi connectivity index (χ0) is 22.0. The molecule has 1 atom stereocenters. The van der Waals surface area contributed by atoms with Crippen LogP contribution >= 0.6 is 0 Å². The molecule has 4 rings (SSSR count). The molecule has 3 aromatic rings. The minimum atomic E-state index is -3.53. The normalized spacial score (nSPS) is 17.4. The number of carbonyl (C=O) groups is 1. The number of nitrogens with zero attached hydrogens (tertiary/aromatic N) is 3. The summed E-state index contributed by atoms with van der Waals surface area (Å²) in [5, 5.41) is 0. The Labute approximate surface area is 183 Å².